The van der Waals surface area contributed by atoms with Gasteiger partial charge in [0.25, 0.3) is 0 Å². The van der Waals surface area contributed by atoms with Crippen LogP contribution in [0.2, 0.25) is 0 Å². The Bertz CT molecular complexity index is 861. The Morgan fingerprint density at radius 3 is 2.68 bits per heavy atom. The van der Waals surface area contributed by atoms with Gasteiger partial charge >= 0.3 is 0 Å². The van der Waals surface area contributed by atoms with Crippen LogP contribution in [-0.4, -0.2) is 28.8 Å². The van der Waals surface area contributed by atoms with Crippen LogP contribution in [0.15, 0.2) is 30.5 Å². The zero-order valence-corrected chi connectivity index (χ0v) is 17.0. The van der Waals surface area contributed by atoms with Gasteiger partial charge in [-0.05, 0) is 55.4 Å². The Kier molecular flexibility index (Phi) is 6.41. The molecule has 0 saturated carbocycles. The van der Waals surface area contributed by atoms with Crippen LogP contribution < -0.4 is 4.90 Å². The third-order valence-electron chi connectivity index (χ3n) is 5.70. The molecule has 1 fully saturated rings. The first-order valence-electron chi connectivity index (χ1n) is 10.1. The second-order valence-corrected chi connectivity index (χ2v) is 7.88. The highest BCUT2D eigenvalue weighted by molar-refractivity contribution is 5.85. The predicted molar refractivity (Wildman–Crippen MR) is 110 cm³/mol. The number of aryl methyl sites for hydroxylation is 2. The average Bonchev–Trinajstić information content (AvgIpc) is 2.72. The highest BCUT2D eigenvalue weighted by atomic mass is 16.1. The van der Waals surface area contributed by atoms with Crippen molar-refractivity contribution in [3.63, 3.8) is 0 Å². The van der Waals surface area contributed by atoms with Crippen molar-refractivity contribution in [2.45, 2.75) is 52.4 Å². The molecule has 0 spiro atoms. The van der Waals surface area contributed by atoms with E-state index >= 15 is 0 Å². The van der Waals surface area contributed by atoms with Crippen LogP contribution in [0, 0.1) is 24.2 Å². The van der Waals surface area contributed by atoms with Gasteiger partial charge in [0.1, 0.15) is 23.4 Å². The molecule has 28 heavy (non-hydrogen) atoms. The number of rotatable bonds is 6. The minimum atomic E-state index is -0.224. The summed E-state index contributed by atoms with van der Waals surface area (Å²) in [5.41, 5.74) is 3.39. The number of Topliss-reactive ketones (excluding diaryl/α,β-unsaturated/α-hetero) is 1. The Morgan fingerprint density at radius 1 is 1.29 bits per heavy atom. The minimum Gasteiger partial charge on any atom is -0.356 e. The first kappa shape index (κ1) is 20.0. The topological polar surface area (TPSA) is 69.9 Å². The molecule has 1 aliphatic heterocycles. The first-order chi connectivity index (χ1) is 13.5. The van der Waals surface area contributed by atoms with E-state index in [9.17, 15) is 4.79 Å². The van der Waals surface area contributed by atoms with Gasteiger partial charge in [-0.2, -0.15) is 5.26 Å². The zero-order valence-electron chi connectivity index (χ0n) is 17.0. The summed E-state index contributed by atoms with van der Waals surface area (Å²) in [5, 5.41) is 8.86. The van der Waals surface area contributed by atoms with Crippen LogP contribution in [0.5, 0.6) is 0 Å². The van der Waals surface area contributed by atoms with Gasteiger partial charge in [-0.3, -0.25) is 4.79 Å². The molecule has 1 atom stereocenters. The second-order valence-electron chi connectivity index (χ2n) is 7.88. The number of carbonyl (C=O) groups is 1. The fourth-order valence-electron chi connectivity index (χ4n) is 3.65. The predicted octanol–water partition coefficient (Wildman–Crippen LogP) is 4.20. The minimum absolute atomic E-state index is 0.185. The molecule has 0 radical (unpaired) electrons. The second kappa shape index (κ2) is 8.97. The summed E-state index contributed by atoms with van der Waals surface area (Å²) in [6.45, 7) is 8.30. The normalized spacial score (nSPS) is 15.9. The standard InChI is InChI=1S/C23H28N4O/c1-16-10-12-27(13-11-16)23-19(5-4-17(2)26-23)7-9-22(28)18(3)20-6-8-21(14-24)25-15-20/h4-6,8,15-16,18H,7,9-13H2,1-3H3. The van der Waals surface area contributed by atoms with Crippen LogP contribution in [0.1, 0.15) is 61.5 Å². The molecule has 5 heteroatoms. The highest BCUT2D eigenvalue weighted by Gasteiger charge is 2.21. The monoisotopic (exact) mass is 376 g/mol. The molecule has 1 aliphatic rings. The number of hydrogen-bond acceptors (Lipinski definition) is 5. The molecular formula is C23H28N4O. The van der Waals surface area contributed by atoms with Crippen molar-refractivity contribution in [3.8, 4) is 6.07 Å². The van der Waals surface area contributed by atoms with Gasteiger partial charge in [0.15, 0.2) is 0 Å². The molecule has 0 amide bonds. The molecule has 0 bridgehead atoms. The number of nitriles is 1. The lowest BCUT2D eigenvalue weighted by molar-refractivity contribution is -0.120. The summed E-state index contributed by atoms with van der Waals surface area (Å²) in [5.74, 6) is 1.78. The van der Waals surface area contributed by atoms with E-state index in [0.29, 0.717) is 18.5 Å². The van der Waals surface area contributed by atoms with Crippen molar-refractivity contribution in [3.05, 3.63) is 53.0 Å². The van der Waals surface area contributed by atoms with Crippen molar-refractivity contribution in [1.82, 2.24) is 9.97 Å². The third kappa shape index (κ3) is 4.75. The van der Waals surface area contributed by atoms with Crippen LogP contribution >= 0.6 is 0 Å². The van der Waals surface area contributed by atoms with Gasteiger partial charge in [0.2, 0.25) is 0 Å². The van der Waals surface area contributed by atoms with Gasteiger partial charge in [-0.1, -0.05) is 26.0 Å². The van der Waals surface area contributed by atoms with E-state index in [0.717, 1.165) is 41.6 Å². The van der Waals surface area contributed by atoms with Crippen LogP contribution in [-0.2, 0) is 11.2 Å². The lowest BCUT2D eigenvalue weighted by Crippen LogP contribution is -2.34. The molecule has 2 aromatic rings. The quantitative estimate of drug-likeness (QED) is 0.756. The van der Waals surface area contributed by atoms with Gasteiger partial charge in [-0.15, -0.1) is 0 Å². The third-order valence-corrected chi connectivity index (χ3v) is 5.70. The van der Waals surface area contributed by atoms with Gasteiger partial charge < -0.3 is 4.90 Å². The number of aromatic nitrogens is 2. The molecule has 0 N–H and O–H groups in total. The summed E-state index contributed by atoms with van der Waals surface area (Å²) in [6.07, 6.45) is 5.19. The van der Waals surface area contributed by atoms with Crippen LogP contribution in [0.4, 0.5) is 5.82 Å². The molecule has 3 heterocycles. The number of pyridine rings is 2. The van der Waals surface area contributed by atoms with E-state index in [2.05, 4.69) is 22.9 Å². The van der Waals surface area contributed by atoms with E-state index < -0.39 is 0 Å². The molecule has 146 valence electrons. The molecular weight excluding hydrogens is 348 g/mol. The van der Waals surface area contributed by atoms with Crippen LogP contribution in [0.25, 0.3) is 0 Å². The van der Waals surface area contributed by atoms with Crippen molar-refractivity contribution in [1.29, 1.82) is 5.26 Å². The molecule has 1 saturated heterocycles. The molecule has 5 nitrogen and oxygen atoms in total. The fourth-order valence-corrected chi connectivity index (χ4v) is 3.65. The number of anilines is 1. The molecule has 2 aromatic heterocycles. The highest BCUT2D eigenvalue weighted by Crippen LogP contribution is 2.27. The summed E-state index contributed by atoms with van der Waals surface area (Å²) >= 11 is 0. The smallest absolute Gasteiger partial charge is 0.140 e. The molecule has 3 rings (SSSR count). The average molecular weight is 377 g/mol. The first-order valence-corrected chi connectivity index (χ1v) is 10.1. The maximum absolute atomic E-state index is 12.7. The van der Waals surface area contributed by atoms with Gasteiger partial charge in [-0.25, -0.2) is 9.97 Å². The van der Waals surface area contributed by atoms with Crippen molar-refractivity contribution in [2.24, 2.45) is 5.92 Å². The maximum Gasteiger partial charge on any atom is 0.140 e. The zero-order chi connectivity index (χ0) is 20.1. The number of piperidine rings is 1. The number of carbonyl (C=O) groups excluding carboxylic acids is 1. The Balaban J connectivity index is 1.68. The van der Waals surface area contributed by atoms with Crippen molar-refractivity contribution < 1.29 is 4.79 Å². The largest absolute Gasteiger partial charge is 0.356 e. The Labute approximate surface area is 167 Å². The van der Waals surface area contributed by atoms with Gasteiger partial charge in [0, 0.05) is 37.3 Å². The summed E-state index contributed by atoms with van der Waals surface area (Å²) in [7, 11) is 0. The summed E-state index contributed by atoms with van der Waals surface area (Å²) in [6, 6.07) is 9.65. The Hall–Kier alpha value is -2.74. The summed E-state index contributed by atoms with van der Waals surface area (Å²) < 4.78 is 0. The fraction of sp³-hybridized carbons (Fsp3) is 0.478. The maximum atomic E-state index is 12.7. The van der Waals surface area contributed by atoms with E-state index in [1.807, 2.05) is 32.0 Å². The Morgan fingerprint density at radius 2 is 2.04 bits per heavy atom. The summed E-state index contributed by atoms with van der Waals surface area (Å²) in [4.78, 5) is 24.0. The van der Waals surface area contributed by atoms with Gasteiger partial charge in [0.05, 0.1) is 0 Å². The van der Waals surface area contributed by atoms with E-state index in [4.69, 9.17) is 10.2 Å². The molecule has 0 aromatic carbocycles. The number of ketones is 1. The SMILES string of the molecule is Cc1ccc(CCC(=O)C(C)c2ccc(C#N)nc2)c(N2CCC(C)CC2)n1. The van der Waals surface area contributed by atoms with E-state index in [-0.39, 0.29) is 11.7 Å². The lowest BCUT2D eigenvalue weighted by atomic mass is 9.93. The molecule has 1 unspecified atom stereocenters. The number of nitrogens with zero attached hydrogens (tertiary/aromatic N) is 4. The number of hydrogen-bond donors (Lipinski definition) is 0. The van der Waals surface area contributed by atoms with E-state index in [1.165, 1.54) is 12.8 Å². The van der Waals surface area contributed by atoms with Crippen molar-refractivity contribution in [2.75, 3.05) is 18.0 Å². The van der Waals surface area contributed by atoms with Crippen molar-refractivity contribution >= 4 is 11.6 Å². The van der Waals surface area contributed by atoms with E-state index in [1.54, 1.807) is 12.3 Å². The van der Waals surface area contributed by atoms with Crippen LogP contribution in [0.3, 0.4) is 0 Å². The molecule has 0 aliphatic carbocycles. The lowest BCUT2D eigenvalue weighted by Gasteiger charge is -2.32.